The second kappa shape index (κ2) is 9.12. The molecule has 162 valence electrons. The fourth-order valence-electron chi connectivity index (χ4n) is 3.02. The van der Waals surface area contributed by atoms with Crippen molar-refractivity contribution in [3.8, 4) is 5.75 Å². The van der Waals surface area contributed by atoms with Crippen molar-refractivity contribution in [2.24, 2.45) is 0 Å². The molecule has 10 heteroatoms. The monoisotopic (exact) mass is 435 g/mol. The molecule has 0 aromatic heterocycles. The highest BCUT2D eigenvalue weighted by Gasteiger charge is 2.26. The van der Waals surface area contributed by atoms with Crippen LogP contribution in [0.2, 0.25) is 0 Å². The molecule has 1 N–H and O–H groups in total. The molecule has 0 bridgehead atoms. The third-order valence-electron chi connectivity index (χ3n) is 4.52. The van der Waals surface area contributed by atoms with Gasteiger partial charge in [-0.1, -0.05) is 32.0 Å². The van der Waals surface area contributed by atoms with Crippen molar-refractivity contribution < 1.29 is 22.9 Å². The Balaban J connectivity index is 2.44. The number of carbonyl (C=O) groups is 1. The fourth-order valence-corrected chi connectivity index (χ4v) is 3.87. The van der Waals surface area contributed by atoms with E-state index in [2.05, 4.69) is 5.32 Å². The molecule has 2 rings (SSSR count). The van der Waals surface area contributed by atoms with Gasteiger partial charge in [-0.3, -0.25) is 19.2 Å². The van der Waals surface area contributed by atoms with Crippen LogP contribution >= 0.6 is 0 Å². The topological polar surface area (TPSA) is 119 Å². The van der Waals surface area contributed by atoms with E-state index in [9.17, 15) is 23.3 Å². The predicted molar refractivity (Wildman–Crippen MR) is 116 cm³/mol. The van der Waals surface area contributed by atoms with Crippen molar-refractivity contribution in [1.82, 2.24) is 0 Å². The molecule has 0 saturated carbocycles. The second-order valence-corrected chi connectivity index (χ2v) is 9.03. The number of para-hydroxylation sites is 1. The fraction of sp³-hybridized carbons (Fsp3) is 0.350. The van der Waals surface area contributed by atoms with Gasteiger partial charge in [0, 0.05) is 17.8 Å². The highest BCUT2D eigenvalue weighted by Crippen LogP contribution is 2.34. The molecule has 0 aliphatic rings. The molecule has 0 unspecified atom stereocenters. The molecule has 30 heavy (non-hydrogen) atoms. The van der Waals surface area contributed by atoms with Crippen molar-refractivity contribution in [1.29, 1.82) is 0 Å². The zero-order chi connectivity index (χ0) is 22.6. The third kappa shape index (κ3) is 5.26. The number of benzene rings is 2. The average molecular weight is 436 g/mol. The number of aryl methyl sites for hydroxylation is 1. The number of ether oxygens (including phenoxy) is 1. The molecule has 2 aromatic rings. The average Bonchev–Trinajstić information content (AvgIpc) is 2.66. The molecule has 0 aliphatic heterocycles. The Hall–Kier alpha value is -3.14. The largest absolute Gasteiger partial charge is 0.495 e. The Labute approximate surface area is 175 Å². The lowest BCUT2D eigenvalue weighted by molar-refractivity contribution is -0.384. The number of nitro groups is 1. The van der Waals surface area contributed by atoms with Gasteiger partial charge in [0.1, 0.15) is 18.0 Å². The van der Waals surface area contributed by atoms with Crippen LogP contribution in [0.3, 0.4) is 0 Å². The number of nitrogens with one attached hydrogen (secondary N) is 1. The maximum atomic E-state index is 12.8. The summed E-state index contributed by atoms with van der Waals surface area (Å²) in [6.45, 7) is 5.25. The van der Waals surface area contributed by atoms with Gasteiger partial charge in [0.2, 0.25) is 15.9 Å². The zero-order valence-electron chi connectivity index (χ0n) is 17.5. The lowest BCUT2D eigenvalue weighted by atomic mass is 9.98. The molecule has 0 heterocycles. The Morgan fingerprint density at radius 2 is 1.93 bits per heavy atom. The zero-order valence-corrected chi connectivity index (χ0v) is 18.3. The van der Waals surface area contributed by atoms with Crippen LogP contribution in [-0.2, 0) is 14.8 Å². The van der Waals surface area contributed by atoms with Crippen molar-refractivity contribution >= 4 is 33.0 Å². The number of nitrogens with zero attached hydrogens (tertiary/aromatic N) is 2. The van der Waals surface area contributed by atoms with E-state index in [1.54, 1.807) is 0 Å². The van der Waals surface area contributed by atoms with E-state index in [0.717, 1.165) is 27.8 Å². The van der Waals surface area contributed by atoms with Crippen LogP contribution in [0.5, 0.6) is 5.75 Å². The van der Waals surface area contributed by atoms with Gasteiger partial charge in [0.25, 0.3) is 5.69 Å². The first kappa shape index (κ1) is 23.1. The van der Waals surface area contributed by atoms with Gasteiger partial charge in [-0.25, -0.2) is 8.42 Å². The van der Waals surface area contributed by atoms with Crippen LogP contribution in [0.15, 0.2) is 36.4 Å². The molecule has 9 nitrogen and oxygen atoms in total. The van der Waals surface area contributed by atoms with Crippen LogP contribution in [0, 0.1) is 17.0 Å². The van der Waals surface area contributed by atoms with Crippen LogP contribution in [0.4, 0.5) is 17.1 Å². The minimum Gasteiger partial charge on any atom is -0.495 e. The lowest BCUT2D eigenvalue weighted by Crippen LogP contribution is -2.38. The summed E-state index contributed by atoms with van der Waals surface area (Å²) in [4.78, 5) is 23.3. The summed E-state index contributed by atoms with van der Waals surface area (Å²) in [5.41, 5.74) is 1.98. The first-order valence-electron chi connectivity index (χ1n) is 9.15. The standard InChI is InChI=1S/C20H25N3O6S/c1-13(2)16-8-6-7-14(3)20(16)21-19(24)12-22(30(5,27)28)17-11-15(23(25)26)9-10-18(17)29-4/h6-11,13H,12H2,1-5H3,(H,21,24). The summed E-state index contributed by atoms with van der Waals surface area (Å²) in [6, 6.07) is 9.19. The molecule has 0 aliphatic carbocycles. The normalized spacial score (nSPS) is 11.3. The predicted octanol–water partition coefficient (Wildman–Crippen LogP) is 3.44. The molecule has 0 spiro atoms. The van der Waals surface area contributed by atoms with E-state index in [1.165, 1.54) is 19.2 Å². The van der Waals surface area contributed by atoms with E-state index in [1.807, 2.05) is 39.0 Å². The van der Waals surface area contributed by atoms with Crippen LogP contribution in [0.1, 0.15) is 30.9 Å². The summed E-state index contributed by atoms with van der Waals surface area (Å²) in [5, 5.41) is 13.9. The molecular weight excluding hydrogens is 410 g/mol. The van der Waals surface area contributed by atoms with Crippen molar-refractivity contribution in [2.75, 3.05) is 29.5 Å². The number of sulfonamides is 1. The minimum atomic E-state index is -3.95. The lowest BCUT2D eigenvalue weighted by Gasteiger charge is -2.24. The number of hydrogen-bond donors (Lipinski definition) is 1. The molecular formula is C20H25N3O6S. The molecule has 2 aromatic carbocycles. The maximum absolute atomic E-state index is 12.8. The van der Waals surface area contributed by atoms with Gasteiger partial charge in [0.05, 0.1) is 18.3 Å². The SMILES string of the molecule is COc1ccc([N+](=O)[O-])cc1N(CC(=O)Nc1c(C)cccc1C(C)C)S(C)(=O)=O. The number of anilines is 2. The molecule has 0 saturated heterocycles. The number of amides is 1. The second-order valence-electron chi connectivity index (χ2n) is 7.12. The van der Waals surface area contributed by atoms with Crippen molar-refractivity contribution in [2.45, 2.75) is 26.7 Å². The first-order valence-corrected chi connectivity index (χ1v) is 11.0. The van der Waals surface area contributed by atoms with Crippen molar-refractivity contribution in [3.63, 3.8) is 0 Å². The Bertz CT molecular complexity index is 1070. The van der Waals surface area contributed by atoms with Crippen LogP contribution < -0.4 is 14.4 Å². The van der Waals surface area contributed by atoms with E-state index < -0.39 is 27.4 Å². The minimum absolute atomic E-state index is 0.0850. The van der Waals surface area contributed by atoms with E-state index in [4.69, 9.17) is 4.74 Å². The Morgan fingerprint density at radius 3 is 2.47 bits per heavy atom. The summed E-state index contributed by atoms with van der Waals surface area (Å²) < 4.78 is 30.8. The van der Waals surface area contributed by atoms with Crippen LogP contribution in [-0.4, -0.2) is 39.2 Å². The van der Waals surface area contributed by atoms with Gasteiger partial charge >= 0.3 is 0 Å². The number of nitro benzene ring substituents is 1. The van der Waals surface area contributed by atoms with E-state index in [-0.39, 0.29) is 23.0 Å². The number of methoxy groups -OCH3 is 1. The quantitative estimate of drug-likeness (QED) is 0.501. The summed E-state index contributed by atoms with van der Waals surface area (Å²) in [7, 11) is -2.63. The summed E-state index contributed by atoms with van der Waals surface area (Å²) in [5.74, 6) is -0.342. The number of carbonyl (C=O) groups excluding carboxylic acids is 1. The van der Waals surface area contributed by atoms with Crippen molar-refractivity contribution in [3.05, 3.63) is 57.6 Å². The first-order chi connectivity index (χ1) is 14.0. The van der Waals surface area contributed by atoms with Gasteiger partial charge in [-0.15, -0.1) is 0 Å². The summed E-state index contributed by atoms with van der Waals surface area (Å²) in [6.07, 6.45) is 0.922. The van der Waals surface area contributed by atoms with Gasteiger partial charge in [0.15, 0.2) is 0 Å². The van der Waals surface area contributed by atoms with Gasteiger partial charge in [-0.2, -0.15) is 0 Å². The van der Waals surface area contributed by atoms with Crippen LogP contribution in [0.25, 0.3) is 0 Å². The Kier molecular flexibility index (Phi) is 7.04. The molecule has 0 radical (unpaired) electrons. The molecule has 1 amide bonds. The highest BCUT2D eigenvalue weighted by atomic mass is 32.2. The maximum Gasteiger partial charge on any atom is 0.271 e. The number of rotatable bonds is 8. The number of hydrogen-bond acceptors (Lipinski definition) is 6. The Morgan fingerprint density at radius 1 is 1.27 bits per heavy atom. The number of non-ortho nitro benzene ring substituents is 1. The third-order valence-corrected chi connectivity index (χ3v) is 5.65. The van der Waals surface area contributed by atoms with E-state index >= 15 is 0 Å². The van der Waals surface area contributed by atoms with Gasteiger partial charge < -0.3 is 10.1 Å². The van der Waals surface area contributed by atoms with E-state index in [0.29, 0.717) is 5.69 Å². The smallest absolute Gasteiger partial charge is 0.271 e. The highest BCUT2D eigenvalue weighted by molar-refractivity contribution is 7.92. The van der Waals surface area contributed by atoms with Gasteiger partial charge in [-0.05, 0) is 30.0 Å². The molecule has 0 atom stereocenters. The molecule has 0 fully saturated rings. The summed E-state index contributed by atoms with van der Waals surface area (Å²) >= 11 is 0.